The number of nitrogens with one attached hydrogen (secondary N) is 1. The fourth-order valence-electron chi connectivity index (χ4n) is 1.37. The van der Waals surface area contributed by atoms with Crippen LogP contribution in [0.2, 0.25) is 0 Å². The van der Waals surface area contributed by atoms with Crippen molar-refractivity contribution in [2.24, 2.45) is 0 Å². The molecule has 20 heavy (non-hydrogen) atoms. The van der Waals surface area contributed by atoms with E-state index in [1.54, 1.807) is 23.2 Å². The Hall–Kier alpha value is -1.66. The van der Waals surface area contributed by atoms with E-state index in [0.29, 0.717) is 16.3 Å². The molecule has 1 rings (SSSR count). The third kappa shape index (κ3) is 5.54. The molecule has 0 unspecified atom stereocenters. The van der Waals surface area contributed by atoms with E-state index in [0.717, 1.165) is 6.54 Å². The van der Waals surface area contributed by atoms with E-state index in [2.05, 4.69) is 5.32 Å². The molecular formula is C14H21N3O2S. The van der Waals surface area contributed by atoms with E-state index < -0.39 is 0 Å². The van der Waals surface area contributed by atoms with E-state index in [1.807, 2.05) is 33.1 Å². The Morgan fingerprint density at radius 3 is 2.45 bits per heavy atom. The predicted molar refractivity (Wildman–Crippen MR) is 82.4 cm³/mol. The van der Waals surface area contributed by atoms with Crippen LogP contribution < -0.4 is 5.32 Å². The summed E-state index contributed by atoms with van der Waals surface area (Å²) < 4.78 is 0. The van der Waals surface area contributed by atoms with Gasteiger partial charge in [-0.3, -0.25) is 9.59 Å². The number of carbonyl (C=O) groups excluding carboxylic acids is 2. The molecular weight excluding hydrogens is 274 g/mol. The summed E-state index contributed by atoms with van der Waals surface area (Å²) >= 11 is 1.21. The topological polar surface area (TPSA) is 52.7 Å². The minimum atomic E-state index is -0.132. The third-order valence-corrected chi connectivity index (χ3v) is 3.54. The van der Waals surface area contributed by atoms with Crippen molar-refractivity contribution in [3.05, 3.63) is 34.2 Å². The molecule has 0 saturated carbocycles. The minimum absolute atomic E-state index is 0.0870. The first-order valence-corrected chi connectivity index (χ1v) is 7.13. The van der Waals surface area contributed by atoms with Crippen LogP contribution in [0.3, 0.4) is 0 Å². The van der Waals surface area contributed by atoms with Crippen LogP contribution in [-0.2, 0) is 0 Å². The Bertz CT molecular complexity index is 492. The number of hydrogen-bond acceptors (Lipinski definition) is 5. The summed E-state index contributed by atoms with van der Waals surface area (Å²) in [6.45, 7) is 1.38. The second-order valence-electron chi connectivity index (χ2n) is 4.87. The van der Waals surface area contributed by atoms with Crippen LogP contribution in [0.25, 0.3) is 0 Å². The molecule has 0 radical (unpaired) electrons. The van der Waals surface area contributed by atoms with Crippen molar-refractivity contribution in [2.75, 3.05) is 41.3 Å². The molecule has 0 aliphatic heterocycles. The Morgan fingerprint density at radius 1 is 1.20 bits per heavy atom. The predicted octanol–water partition coefficient (Wildman–Crippen LogP) is 1.30. The lowest BCUT2D eigenvalue weighted by molar-refractivity contribution is 0.0954. The highest BCUT2D eigenvalue weighted by atomic mass is 32.1. The van der Waals surface area contributed by atoms with Gasteiger partial charge in [-0.25, -0.2) is 0 Å². The van der Waals surface area contributed by atoms with E-state index in [-0.39, 0.29) is 11.7 Å². The lowest BCUT2D eigenvalue weighted by Crippen LogP contribution is -2.30. The van der Waals surface area contributed by atoms with Gasteiger partial charge in [-0.15, -0.1) is 11.3 Å². The molecule has 0 aliphatic carbocycles. The van der Waals surface area contributed by atoms with E-state index in [9.17, 15) is 9.59 Å². The Balaban J connectivity index is 2.58. The number of nitrogens with zero attached hydrogens (tertiary/aromatic N) is 2. The Kier molecular flexibility index (Phi) is 6.41. The van der Waals surface area contributed by atoms with E-state index in [4.69, 9.17) is 0 Å². The molecule has 1 aromatic rings. The second kappa shape index (κ2) is 7.81. The summed E-state index contributed by atoms with van der Waals surface area (Å²) in [7, 11) is 7.60. The van der Waals surface area contributed by atoms with Gasteiger partial charge in [-0.1, -0.05) is 0 Å². The van der Waals surface area contributed by atoms with Gasteiger partial charge in [0, 0.05) is 39.5 Å². The van der Waals surface area contributed by atoms with Crippen LogP contribution in [0, 0.1) is 0 Å². The zero-order valence-corrected chi connectivity index (χ0v) is 13.2. The summed E-state index contributed by atoms with van der Waals surface area (Å²) in [5.74, 6) is -0.219. The SMILES string of the molecule is CN(C)C=CC(=O)c1ccc(C(=O)NCCN(C)C)s1. The van der Waals surface area contributed by atoms with E-state index >= 15 is 0 Å². The van der Waals surface area contributed by atoms with Crippen LogP contribution in [0.5, 0.6) is 0 Å². The molecule has 1 heterocycles. The summed E-state index contributed by atoms with van der Waals surface area (Å²) in [4.78, 5) is 28.6. The van der Waals surface area contributed by atoms with Gasteiger partial charge >= 0.3 is 0 Å². The first-order valence-electron chi connectivity index (χ1n) is 6.32. The Morgan fingerprint density at radius 2 is 1.85 bits per heavy atom. The van der Waals surface area contributed by atoms with Crippen molar-refractivity contribution in [2.45, 2.75) is 0 Å². The molecule has 0 aromatic carbocycles. The minimum Gasteiger partial charge on any atom is -0.383 e. The number of likely N-dealkylation sites (N-methyl/N-ethyl adjacent to an activating group) is 1. The maximum atomic E-state index is 11.9. The Labute approximate surface area is 123 Å². The molecule has 110 valence electrons. The molecule has 0 spiro atoms. The number of carbonyl (C=O) groups is 2. The molecule has 0 aliphatic rings. The molecule has 1 amide bonds. The smallest absolute Gasteiger partial charge is 0.261 e. The highest BCUT2D eigenvalue weighted by Gasteiger charge is 2.11. The van der Waals surface area contributed by atoms with Gasteiger partial charge in [-0.2, -0.15) is 0 Å². The molecule has 0 bridgehead atoms. The van der Waals surface area contributed by atoms with Crippen molar-refractivity contribution in [1.29, 1.82) is 0 Å². The van der Waals surface area contributed by atoms with Crippen LogP contribution in [0.4, 0.5) is 0 Å². The monoisotopic (exact) mass is 295 g/mol. The first-order chi connectivity index (χ1) is 9.40. The lowest BCUT2D eigenvalue weighted by atomic mass is 10.3. The van der Waals surface area contributed by atoms with Crippen molar-refractivity contribution in [1.82, 2.24) is 15.1 Å². The average Bonchev–Trinajstić information content (AvgIpc) is 2.84. The normalized spacial score (nSPS) is 11.1. The van der Waals surface area contributed by atoms with Gasteiger partial charge in [0.1, 0.15) is 0 Å². The number of ketones is 1. The van der Waals surface area contributed by atoms with Crippen LogP contribution in [0.15, 0.2) is 24.4 Å². The summed E-state index contributed by atoms with van der Waals surface area (Å²) in [5, 5.41) is 2.83. The summed E-state index contributed by atoms with van der Waals surface area (Å²) in [6, 6.07) is 3.38. The van der Waals surface area contributed by atoms with Gasteiger partial charge in [-0.05, 0) is 26.2 Å². The number of amides is 1. The zero-order valence-electron chi connectivity index (χ0n) is 12.3. The molecule has 1 aromatic heterocycles. The molecule has 0 fully saturated rings. The van der Waals surface area contributed by atoms with Crippen LogP contribution >= 0.6 is 11.3 Å². The second-order valence-corrected chi connectivity index (χ2v) is 5.95. The summed E-state index contributed by atoms with van der Waals surface area (Å²) in [6.07, 6.45) is 3.19. The average molecular weight is 295 g/mol. The maximum Gasteiger partial charge on any atom is 0.261 e. The molecule has 0 saturated heterocycles. The van der Waals surface area contributed by atoms with Crippen molar-refractivity contribution in [3.63, 3.8) is 0 Å². The van der Waals surface area contributed by atoms with Crippen LogP contribution in [-0.4, -0.2) is 62.8 Å². The number of thiophene rings is 1. The standard InChI is InChI=1S/C14H21N3O2S/c1-16(2)9-7-11(18)12-5-6-13(20-12)14(19)15-8-10-17(3)4/h5-7,9H,8,10H2,1-4H3,(H,15,19). The van der Waals surface area contributed by atoms with Gasteiger partial charge in [0.2, 0.25) is 0 Å². The van der Waals surface area contributed by atoms with Crippen molar-refractivity contribution >= 4 is 23.0 Å². The summed E-state index contributed by atoms with van der Waals surface area (Å²) in [5.41, 5.74) is 0. The molecule has 6 heteroatoms. The third-order valence-electron chi connectivity index (χ3n) is 2.44. The lowest BCUT2D eigenvalue weighted by Gasteiger charge is -2.09. The fourth-order valence-corrected chi connectivity index (χ4v) is 2.21. The highest BCUT2D eigenvalue weighted by Crippen LogP contribution is 2.17. The highest BCUT2D eigenvalue weighted by molar-refractivity contribution is 7.16. The quantitative estimate of drug-likeness (QED) is 0.608. The molecule has 5 nitrogen and oxygen atoms in total. The van der Waals surface area contributed by atoms with Crippen molar-refractivity contribution < 1.29 is 9.59 Å². The first kappa shape index (κ1) is 16.4. The largest absolute Gasteiger partial charge is 0.383 e. The molecule has 1 N–H and O–H groups in total. The van der Waals surface area contributed by atoms with Crippen molar-refractivity contribution in [3.8, 4) is 0 Å². The van der Waals surface area contributed by atoms with E-state index in [1.165, 1.54) is 17.4 Å². The van der Waals surface area contributed by atoms with Gasteiger partial charge < -0.3 is 15.1 Å². The van der Waals surface area contributed by atoms with Crippen LogP contribution in [0.1, 0.15) is 19.3 Å². The fraction of sp³-hybridized carbons (Fsp3) is 0.429. The maximum absolute atomic E-state index is 11.9. The van der Waals surface area contributed by atoms with Gasteiger partial charge in [0.15, 0.2) is 5.78 Å². The number of allylic oxidation sites excluding steroid dienone is 1. The van der Waals surface area contributed by atoms with Gasteiger partial charge in [0.05, 0.1) is 9.75 Å². The number of rotatable bonds is 7. The number of hydrogen-bond donors (Lipinski definition) is 1. The zero-order chi connectivity index (χ0) is 15.1. The molecule has 0 atom stereocenters. The van der Waals surface area contributed by atoms with Gasteiger partial charge in [0.25, 0.3) is 5.91 Å².